The lowest BCUT2D eigenvalue weighted by atomic mass is 9.86. The van der Waals surface area contributed by atoms with Gasteiger partial charge in [0.1, 0.15) is 0 Å². The topological polar surface area (TPSA) is 90.8 Å². The van der Waals surface area contributed by atoms with Crippen molar-refractivity contribution in [2.24, 2.45) is 16.9 Å². The first-order valence-corrected chi connectivity index (χ1v) is 9.00. The first-order valence-electron chi connectivity index (χ1n) is 9.00. The molecule has 0 saturated carbocycles. The molecule has 142 valence electrons. The molecule has 0 saturated heterocycles. The highest BCUT2D eigenvalue weighted by atomic mass is 16.5. The van der Waals surface area contributed by atoms with E-state index in [-0.39, 0.29) is 18.2 Å². The summed E-state index contributed by atoms with van der Waals surface area (Å²) in [6, 6.07) is 0. The van der Waals surface area contributed by atoms with Crippen molar-refractivity contribution < 1.29 is 14.8 Å². The van der Waals surface area contributed by atoms with Gasteiger partial charge in [0.05, 0.1) is 6.21 Å². The fourth-order valence-electron chi connectivity index (χ4n) is 2.66. The Morgan fingerprint density at radius 2 is 2.20 bits per heavy atom. The minimum absolute atomic E-state index is 0.0541. The van der Waals surface area contributed by atoms with Crippen LogP contribution in [-0.4, -0.2) is 23.7 Å². The molecule has 1 rings (SSSR count). The largest absolute Gasteiger partial charge is 0.289 e. The average Bonchev–Trinajstić information content (AvgIpc) is 2.63. The van der Waals surface area contributed by atoms with E-state index in [2.05, 4.69) is 44.0 Å². The minimum atomic E-state index is 0.0541. The van der Waals surface area contributed by atoms with Crippen molar-refractivity contribution in [3.63, 3.8) is 0 Å². The SMILES string of the molecule is C=C(C)[C@@H]1CC=C(/C=N/NC(=O)C(CC)CCCC)CC1.O=CNO. The van der Waals surface area contributed by atoms with Gasteiger partial charge in [-0.1, -0.05) is 44.9 Å². The Balaban J connectivity index is 0.00000129. The van der Waals surface area contributed by atoms with Crippen LogP contribution in [0, 0.1) is 11.8 Å². The molecule has 0 aromatic carbocycles. The Labute approximate surface area is 151 Å². The second kappa shape index (κ2) is 14.4. The minimum Gasteiger partial charge on any atom is -0.289 e. The van der Waals surface area contributed by atoms with E-state index in [4.69, 9.17) is 10.0 Å². The summed E-state index contributed by atoms with van der Waals surface area (Å²) in [5.41, 5.74) is 6.42. The zero-order valence-electron chi connectivity index (χ0n) is 15.8. The molecule has 2 atom stereocenters. The maximum atomic E-state index is 12.0. The van der Waals surface area contributed by atoms with E-state index in [9.17, 15) is 4.79 Å². The van der Waals surface area contributed by atoms with E-state index >= 15 is 0 Å². The van der Waals surface area contributed by atoms with Crippen LogP contribution in [0.5, 0.6) is 0 Å². The lowest BCUT2D eigenvalue weighted by molar-refractivity contribution is -0.125. The number of carbonyl (C=O) groups is 2. The van der Waals surface area contributed by atoms with Crippen molar-refractivity contribution >= 4 is 18.5 Å². The Morgan fingerprint density at radius 1 is 1.52 bits per heavy atom. The van der Waals surface area contributed by atoms with Gasteiger partial charge in [-0.3, -0.25) is 14.8 Å². The van der Waals surface area contributed by atoms with Crippen LogP contribution in [0.1, 0.15) is 65.7 Å². The van der Waals surface area contributed by atoms with Crippen molar-refractivity contribution in [2.75, 3.05) is 0 Å². The number of unbranched alkanes of at least 4 members (excludes halogenated alkanes) is 1. The fraction of sp³-hybridized carbons (Fsp3) is 0.632. The highest BCUT2D eigenvalue weighted by molar-refractivity contribution is 5.82. The average molecular weight is 351 g/mol. The molecular formula is C19H33N3O3. The Bertz CT molecular complexity index is 473. The van der Waals surface area contributed by atoms with E-state index in [1.54, 1.807) is 6.21 Å². The van der Waals surface area contributed by atoms with Crippen LogP contribution in [0.3, 0.4) is 0 Å². The molecule has 6 heteroatoms. The van der Waals surface area contributed by atoms with Crippen LogP contribution in [-0.2, 0) is 9.59 Å². The first-order chi connectivity index (χ1) is 12.0. The lowest BCUT2D eigenvalue weighted by Gasteiger charge is -2.20. The van der Waals surface area contributed by atoms with Gasteiger partial charge in [-0.2, -0.15) is 5.10 Å². The van der Waals surface area contributed by atoms with Gasteiger partial charge in [0.15, 0.2) is 0 Å². The molecule has 0 aliphatic heterocycles. The maximum absolute atomic E-state index is 12.0. The van der Waals surface area contributed by atoms with Crippen LogP contribution in [0.2, 0.25) is 0 Å². The van der Waals surface area contributed by atoms with E-state index in [0.29, 0.717) is 5.92 Å². The highest BCUT2D eigenvalue weighted by Gasteiger charge is 2.16. The fourth-order valence-corrected chi connectivity index (χ4v) is 2.66. The molecule has 2 amide bonds. The second-order valence-corrected chi connectivity index (χ2v) is 6.33. The number of nitrogens with one attached hydrogen (secondary N) is 2. The van der Waals surface area contributed by atoms with Crippen molar-refractivity contribution in [3.8, 4) is 0 Å². The van der Waals surface area contributed by atoms with E-state index in [0.717, 1.165) is 44.9 Å². The quantitative estimate of drug-likeness (QED) is 0.194. The third kappa shape index (κ3) is 10.5. The monoisotopic (exact) mass is 351 g/mol. The van der Waals surface area contributed by atoms with Crippen LogP contribution in [0.25, 0.3) is 0 Å². The molecule has 1 aliphatic carbocycles. The van der Waals surface area contributed by atoms with Crippen LogP contribution < -0.4 is 10.9 Å². The normalized spacial score (nSPS) is 17.8. The van der Waals surface area contributed by atoms with Gasteiger partial charge in [-0.15, -0.1) is 0 Å². The molecule has 0 aromatic heterocycles. The molecule has 1 unspecified atom stereocenters. The van der Waals surface area contributed by atoms with E-state index in [1.807, 2.05) is 0 Å². The van der Waals surface area contributed by atoms with Gasteiger partial charge in [0, 0.05) is 5.92 Å². The summed E-state index contributed by atoms with van der Waals surface area (Å²) in [6.45, 7) is 10.3. The predicted octanol–water partition coefficient (Wildman–Crippen LogP) is 3.73. The Hall–Kier alpha value is -1.95. The maximum Gasteiger partial charge on any atom is 0.243 e. The number of hydrogen-bond donors (Lipinski definition) is 3. The molecule has 0 spiro atoms. The second-order valence-electron chi connectivity index (χ2n) is 6.33. The van der Waals surface area contributed by atoms with E-state index in [1.165, 1.54) is 16.6 Å². The Morgan fingerprint density at radius 3 is 2.64 bits per heavy atom. The summed E-state index contributed by atoms with van der Waals surface area (Å²) < 4.78 is 0. The predicted molar refractivity (Wildman–Crippen MR) is 101 cm³/mol. The van der Waals surface area contributed by atoms with Crippen molar-refractivity contribution in [3.05, 3.63) is 23.8 Å². The molecule has 1 aliphatic rings. The molecule has 3 N–H and O–H groups in total. The molecule has 6 nitrogen and oxygen atoms in total. The third-order valence-electron chi connectivity index (χ3n) is 4.37. The summed E-state index contributed by atoms with van der Waals surface area (Å²) in [7, 11) is 0. The van der Waals surface area contributed by atoms with Gasteiger partial charge in [-0.05, 0) is 50.5 Å². The number of carbonyl (C=O) groups excluding carboxylic acids is 2. The highest BCUT2D eigenvalue weighted by Crippen LogP contribution is 2.27. The van der Waals surface area contributed by atoms with Crippen LogP contribution >= 0.6 is 0 Å². The van der Waals surface area contributed by atoms with Gasteiger partial charge in [0.2, 0.25) is 12.3 Å². The number of rotatable bonds is 9. The summed E-state index contributed by atoms with van der Waals surface area (Å²) in [5, 5.41) is 11.4. The summed E-state index contributed by atoms with van der Waals surface area (Å²) in [5.74, 6) is 0.754. The third-order valence-corrected chi connectivity index (χ3v) is 4.37. The summed E-state index contributed by atoms with van der Waals surface area (Å²) in [6.07, 6.45) is 11.5. The van der Waals surface area contributed by atoms with E-state index < -0.39 is 0 Å². The molecule has 0 radical (unpaired) electrons. The van der Waals surface area contributed by atoms with Crippen molar-refractivity contribution in [1.82, 2.24) is 10.9 Å². The summed E-state index contributed by atoms with van der Waals surface area (Å²) in [4.78, 5) is 20.8. The lowest BCUT2D eigenvalue weighted by Crippen LogP contribution is -2.26. The standard InChI is InChI=1S/C18H30N2O.CH3NO2/c1-5-7-8-16(6-2)18(21)20-19-13-15-9-11-17(12-10-15)14(3)4;3-1-2-4/h9,13,16-17H,3,5-8,10-12H2,1-2,4H3,(H,20,21);1,4H,(H,2,3)/b19-13+;/t16?,17-;/m1./s1. The van der Waals surface area contributed by atoms with Gasteiger partial charge >= 0.3 is 0 Å². The number of allylic oxidation sites excluding steroid dienone is 3. The zero-order chi connectivity index (χ0) is 19.1. The smallest absolute Gasteiger partial charge is 0.243 e. The van der Waals surface area contributed by atoms with Crippen LogP contribution in [0.4, 0.5) is 0 Å². The molecular weight excluding hydrogens is 318 g/mol. The molecule has 25 heavy (non-hydrogen) atoms. The van der Waals surface area contributed by atoms with Crippen molar-refractivity contribution in [2.45, 2.75) is 65.7 Å². The van der Waals surface area contributed by atoms with Gasteiger partial charge < -0.3 is 0 Å². The Kier molecular flexibility index (Phi) is 13.3. The number of hydroxylamine groups is 1. The molecule has 0 heterocycles. The molecule has 0 bridgehead atoms. The van der Waals surface area contributed by atoms with Crippen molar-refractivity contribution in [1.29, 1.82) is 0 Å². The van der Waals surface area contributed by atoms with Gasteiger partial charge in [0.25, 0.3) is 0 Å². The molecule has 0 aromatic rings. The van der Waals surface area contributed by atoms with Crippen LogP contribution in [0.15, 0.2) is 28.9 Å². The zero-order valence-corrected chi connectivity index (χ0v) is 15.8. The summed E-state index contributed by atoms with van der Waals surface area (Å²) >= 11 is 0. The number of amides is 2. The molecule has 0 fully saturated rings. The number of hydrazone groups is 1. The first kappa shape index (κ1) is 23.1. The number of hydrogen-bond acceptors (Lipinski definition) is 4. The van der Waals surface area contributed by atoms with Gasteiger partial charge in [-0.25, -0.2) is 10.9 Å². The number of nitrogens with zero attached hydrogens (tertiary/aromatic N) is 1.